The molecule has 0 aromatic heterocycles. The highest BCUT2D eigenvalue weighted by molar-refractivity contribution is 5.94. The number of likely N-dealkylation sites (N-methyl/N-ethyl adjacent to an activating group) is 1. The van der Waals surface area contributed by atoms with Crippen LogP contribution in [-0.2, 0) is 0 Å². The quantitative estimate of drug-likeness (QED) is 0.316. The van der Waals surface area contributed by atoms with Crippen molar-refractivity contribution in [1.29, 1.82) is 0 Å². The molecule has 0 radical (unpaired) electrons. The number of nitrogens with zero attached hydrogens (tertiary/aromatic N) is 2. The minimum Gasteiger partial charge on any atom is -0.494 e. The van der Waals surface area contributed by atoms with E-state index in [2.05, 4.69) is 60.5 Å². The van der Waals surface area contributed by atoms with Gasteiger partial charge in [-0.1, -0.05) is 60.9 Å². The average molecular weight is 440 g/mol. The molecule has 1 unspecified atom stereocenters. The van der Waals surface area contributed by atoms with Crippen LogP contribution in [0.1, 0.15) is 56.8 Å². The van der Waals surface area contributed by atoms with Crippen molar-refractivity contribution in [1.82, 2.24) is 10.2 Å². The van der Waals surface area contributed by atoms with Gasteiger partial charge in [-0.15, -0.1) is 0 Å². The summed E-state index contributed by atoms with van der Waals surface area (Å²) in [6.07, 6.45) is 12.5. The molecule has 32 heavy (non-hydrogen) atoms. The number of nitrogens with one attached hydrogen (secondary N) is 1. The number of amides is 1. The third-order valence-corrected chi connectivity index (χ3v) is 5.69. The maximum atomic E-state index is 12.5. The van der Waals surface area contributed by atoms with E-state index in [4.69, 9.17) is 4.74 Å². The molecule has 0 saturated carbocycles. The molecular formula is C26H37N3O3. The zero-order valence-electron chi connectivity index (χ0n) is 19.7. The number of ether oxygens (including phenoxy) is 1. The molecule has 0 spiro atoms. The van der Waals surface area contributed by atoms with Gasteiger partial charge in [-0.25, -0.2) is 0 Å². The van der Waals surface area contributed by atoms with E-state index in [0.717, 1.165) is 44.5 Å². The van der Waals surface area contributed by atoms with E-state index in [1.54, 1.807) is 24.3 Å². The highest BCUT2D eigenvalue weighted by atomic mass is 16.5. The van der Waals surface area contributed by atoms with Crippen molar-refractivity contribution >= 4 is 5.91 Å². The zero-order chi connectivity index (χ0) is 23.2. The second-order valence-electron chi connectivity index (χ2n) is 8.12. The largest absolute Gasteiger partial charge is 0.494 e. The molecule has 6 heteroatoms. The Morgan fingerprint density at radius 2 is 2.00 bits per heavy atom. The monoisotopic (exact) mass is 439 g/mol. The van der Waals surface area contributed by atoms with Crippen LogP contribution in [0.3, 0.4) is 0 Å². The molecular weight excluding hydrogens is 402 g/mol. The number of nitroso groups, excluding NO2 is 1. The second kappa shape index (κ2) is 14.4. The van der Waals surface area contributed by atoms with Gasteiger partial charge in [0.2, 0.25) is 0 Å². The second-order valence-corrected chi connectivity index (χ2v) is 8.12. The van der Waals surface area contributed by atoms with Crippen molar-refractivity contribution in [2.45, 2.75) is 52.5 Å². The highest BCUT2D eigenvalue weighted by Gasteiger charge is 2.16. The maximum absolute atomic E-state index is 12.5. The van der Waals surface area contributed by atoms with Crippen LogP contribution in [0, 0.1) is 4.91 Å². The summed E-state index contributed by atoms with van der Waals surface area (Å²) in [4.78, 5) is 26.1. The van der Waals surface area contributed by atoms with Gasteiger partial charge in [0, 0.05) is 25.2 Å². The smallest absolute Gasteiger partial charge is 0.251 e. The highest BCUT2D eigenvalue weighted by Crippen LogP contribution is 2.18. The fraction of sp³-hybridized carbons (Fsp3) is 0.500. The standard InChI is InChI=1S/C26H37N3O3/c1-4-6-18-32-25-14-12-23(13-15-25)26(30)27-19-24(28-31)20-29(5-2)17-16-22-11-9-7-8-10-21(22)3/h7-10,12-15,24H,4-6,11,16-20H2,1-3H3,(H,27,30). The van der Waals surface area contributed by atoms with E-state index < -0.39 is 6.04 Å². The third kappa shape index (κ3) is 8.79. The van der Waals surface area contributed by atoms with Crippen LogP contribution in [0.4, 0.5) is 0 Å². The first-order valence-electron chi connectivity index (χ1n) is 11.6. The van der Waals surface area contributed by atoms with Gasteiger partial charge in [-0.05, 0) is 57.0 Å². The average Bonchev–Trinajstić information content (AvgIpc) is 3.03. The van der Waals surface area contributed by atoms with Gasteiger partial charge >= 0.3 is 0 Å². The molecule has 1 aromatic carbocycles. The molecule has 0 aliphatic heterocycles. The summed E-state index contributed by atoms with van der Waals surface area (Å²) in [5.74, 6) is 0.547. The minimum atomic E-state index is -0.487. The van der Waals surface area contributed by atoms with Crippen molar-refractivity contribution in [2.24, 2.45) is 5.18 Å². The van der Waals surface area contributed by atoms with Gasteiger partial charge in [-0.2, -0.15) is 4.91 Å². The van der Waals surface area contributed by atoms with Crippen LogP contribution in [-0.4, -0.2) is 49.6 Å². The molecule has 1 aromatic rings. The van der Waals surface area contributed by atoms with Gasteiger partial charge in [0.05, 0.1) is 6.61 Å². The van der Waals surface area contributed by atoms with E-state index in [-0.39, 0.29) is 12.5 Å². The summed E-state index contributed by atoms with van der Waals surface area (Å²) in [7, 11) is 0. The van der Waals surface area contributed by atoms with Crippen molar-refractivity contribution in [3.8, 4) is 5.75 Å². The van der Waals surface area contributed by atoms with Crippen LogP contribution in [0.15, 0.2) is 64.9 Å². The molecule has 0 fully saturated rings. The minimum absolute atomic E-state index is 0.209. The number of allylic oxidation sites excluding steroid dienone is 5. The zero-order valence-corrected chi connectivity index (χ0v) is 19.7. The Labute approximate surface area is 192 Å². The van der Waals surface area contributed by atoms with Gasteiger partial charge in [0.25, 0.3) is 5.91 Å². The predicted molar refractivity (Wildman–Crippen MR) is 131 cm³/mol. The first-order valence-corrected chi connectivity index (χ1v) is 11.6. The molecule has 6 nitrogen and oxygen atoms in total. The molecule has 1 aliphatic carbocycles. The van der Waals surface area contributed by atoms with Crippen LogP contribution >= 0.6 is 0 Å². The number of carbonyl (C=O) groups excluding carboxylic acids is 1. The molecule has 0 heterocycles. The fourth-order valence-electron chi connectivity index (χ4n) is 3.52. The summed E-state index contributed by atoms with van der Waals surface area (Å²) in [5.41, 5.74) is 3.27. The molecule has 1 N–H and O–H groups in total. The van der Waals surface area contributed by atoms with Crippen molar-refractivity contribution in [3.63, 3.8) is 0 Å². The summed E-state index contributed by atoms with van der Waals surface area (Å²) >= 11 is 0. The fourth-order valence-corrected chi connectivity index (χ4v) is 3.52. The molecule has 174 valence electrons. The Bertz CT molecular complexity index is 812. The molecule has 0 saturated heterocycles. The van der Waals surface area contributed by atoms with Crippen molar-refractivity contribution < 1.29 is 9.53 Å². The lowest BCUT2D eigenvalue weighted by molar-refractivity contribution is 0.0949. The van der Waals surface area contributed by atoms with Crippen LogP contribution in [0.5, 0.6) is 5.75 Å². The van der Waals surface area contributed by atoms with Crippen LogP contribution in [0.25, 0.3) is 0 Å². The Morgan fingerprint density at radius 1 is 1.22 bits per heavy atom. The van der Waals surface area contributed by atoms with Crippen molar-refractivity contribution in [3.05, 3.63) is 70.2 Å². The lowest BCUT2D eigenvalue weighted by Crippen LogP contribution is -2.39. The first-order chi connectivity index (χ1) is 15.6. The predicted octanol–water partition coefficient (Wildman–Crippen LogP) is 5.27. The molecule has 1 atom stereocenters. The Balaban J connectivity index is 1.81. The van der Waals surface area contributed by atoms with Gasteiger partial charge in [-0.3, -0.25) is 4.79 Å². The summed E-state index contributed by atoms with van der Waals surface area (Å²) < 4.78 is 5.63. The summed E-state index contributed by atoms with van der Waals surface area (Å²) in [5, 5.41) is 6.11. The van der Waals surface area contributed by atoms with E-state index in [1.807, 2.05) is 0 Å². The summed E-state index contributed by atoms with van der Waals surface area (Å²) in [6, 6.07) is 6.59. The van der Waals surface area contributed by atoms with E-state index in [1.165, 1.54) is 11.1 Å². The van der Waals surface area contributed by atoms with Crippen molar-refractivity contribution in [2.75, 3.05) is 32.8 Å². The van der Waals surface area contributed by atoms with Gasteiger partial charge in [0.1, 0.15) is 11.8 Å². The molecule has 1 amide bonds. The third-order valence-electron chi connectivity index (χ3n) is 5.69. The normalized spacial score (nSPS) is 14.4. The summed E-state index contributed by atoms with van der Waals surface area (Å²) in [6.45, 7) is 9.46. The van der Waals surface area contributed by atoms with Crippen LogP contribution < -0.4 is 10.1 Å². The molecule has 1 aliphatic rings. The van der Waals surface area contributed by atoms with E-state index in [9.17, 15) is 9.70 Å². The van der Waals surface area contributed by atoms with Gasteiger partial charge < -0.3 is 15.0 Å². The topological polar surface area (TPSA) is 71.0 Å². The first kappa shape index (κ1) is 25.5. The Hall–Kier alpha value is -2.73. The number of rotatable bonds is 14. The van der Waals surface area contributed by atoms with E-state index >= 15 is 0 Å². The maximum Gasteiger partial charge on any atom is 0.251 e. The lowest BCUT2D eigenvalue weighted by Gasteiger charge is -2.24. The Morgan fingerprint density at radius 3 is 2.69 bits per heavy atom. The molecule has 0 bridgehead atoms. The SMILES string of the molecule is CCCCOc1ccc(C(=O)NCC(CN(CC)CCC2=C(C)C=CC=CC2)N=O)cc1. The number of hydrogen-bond acceptors (Lipinski definition) is 5. The molecule has 2 rings (SSSR count). The number of carbonyl (C=O) groups is 1. The van der Waals surface area contributed by atoms with E-state index in [0.29, 0.717) is 18.7 Å². The number of benzene rings is 1. The lowest BCUT2D eigenvalue weighted by atomic mass is 10.0. The Kier molecular flexibility index (Phi) is 11.5. The number of unbranched alkanes of at least 4 members (excludes halogenated alkanes) is 1. The van der Waals surface area contributed by atoms with Crippen LogP contribution in [0.2, 0.25) is 0 Å². The van der Waals surface area contributed by atoms with Gasteiger partial charge in [0.15, 0.2) is 0 Å². The number of hydrogen-bond donors (Lipinski definition) is 1.